The number of halogens is 1. The first kappa shape index (κ1) is 18.3. The van der Waals surface area contributed by atoms with Gasteiger partial charge in [0.05, 0.1) is 24.0 Å². The molecular formula is C21H22FN3O3. The van der Waals surface area contributed by atoms with Crippen molar-refractivity contribution >= 4 is 23.5 Å². The Bertz CT molecular complexity index is 871. The highest BCUT2D eigenvalue weighted by Gasteiger charge is 2.30. The molecule has 1 atom stereocenters. The van der Waals surface area contributed by atoms with E-state index < -0.39 is 6.09 Å². The number of carbonyl (C=O) groups excluding carboxylic acids is 2. The van der Waals surface area contributed by atoms with Crippen LogP contribution in [0.4, 0.5) is 25.4 Å². The van der Waals surface area contributed by atoms with Crippen molar-refractivity contribution in [2.45, 2.75) is 25.3 Å². The molecule has 28 heavy (non-hydrogen) atoms. The van der Waals surface area contributed by atoms with Gasteiger partial charge in [0.25, 0.3) is 0 Å². The lowest BCUT2D eigenvalue weighted by Crippen LogP contribution is -2.41. The Hall–Kier alpha value is -3.09. The van der Waals surface area contributed by atoms with Gasteiger partial charge in [-0.05, 0) is 49.1 Å². The van der Waals surface area contributed by atoms with Crippen LogP contribution >= 0.6 is 0 Å². The van der Waals surface area contributed by atoms with E-state index in [0.717, 1.165) is 24.8 Å². The van der Waals surface area contributed by atoms with Gasteiger partial charge in [-0.3, -0.25) is 4.90 Å². The first-order chi connectivity index (χ1) is 13.6. The van der Waals surface area contributed by atoms with Gasteiger partial charge in [0, 0.05) is 6.54 Å². The molecule has 0 bridgehead atoms. The van der Waals surface area contributed by atoms with E-state index in [4.69, 9.17) is 4.74 Å². The lowest BCUT2D eigenvalue weighted by molar-refractivity contribution is 0.163. The van der Waals surface area contributed by atoms with Gasteiger partial charge in [-0.25, -0.2) is 14.0 Å². The zero-order valence-corrected chi connectivity index (χ0v) is 15.4. The lowest BCUT2D eigenvalue weighted by atomic mass is 9.95. The number of nitrogens with one attached hydrogen (secondary N) is 1. The minimum Gasteiger partial charge on any atom is -0.447 e. The van der Waals surface area contributed by atoms with Gasteiger partial charge in [-0.15, -0.1) is 0 Å². The van der Waals surface area contributed by atoms with Crippen LogP contribution in [0.5, 0.6) is 0 Å². The summed E-state index contributed by atoms with van der Waals surface area (Å²) in [6.45, 7) is 1.41. The van der Waals surface area contributed by atoms with E-state index >= 15 is 0 Å². The van der Waals surface area contributed by atoms with Crippen LogP contribution in [0.25, 0.3) is 0 Å². The lowest BCUT2D eigenvalue weighted by Gasteiger charge is -2.36. The van der Waals surface area contributed by atoms with Crippen molar-refractivity contribution in [1.82, 2.24) is 4.90 Å². The molecule has 0 spiro atoms. The molecule has 0 radical (unpaired) electrons. The molecule has 2 fully saturated rings. The Balaban J connectivity index is 1.55. The van der Waals surface area contributed by atoms with Crippen LogP contribution in [-0.4, -0.2) is 36.7 Å². The molecule has 146 valence electrons. The number of urea groups is 1. The standard InChI is InChI=1S/C21H22FN3O3/c22-16-10-8-15(9-11-16)18-6-3-4-12-24(18)20(26)23-17-5-1-2-7-19(17)25-13-14-28-21(25)27/h1-2,5,7-11,18H,3-4,6,12-14H2,(H,23,26). The van der Waals surface area contributed by atoms with Gasteiger partial charge in [0.1, 0.15) is 12.4 Å². The quantitative estimate of drug-likeness (QED) is 0.846. The molecule has 7 heteroatoms. The fourth-order valence-electron chi connectivity index (χ4n) is 3.82. The van der Waals surface area contributed by atoms with Crippen molar-refractivity contribution in [3.63, 3.8) is 0 Å². The van der Waals surface area contributed by atoms with E-state index in [2.05, 4.69) is 5.32 Å². The molecule has 2 aromatic carbocycles. The van der Waals surface area contributed by atoms with E-state index in [1.165, 1.54) is 17.0 Å². The maximum absolute atomic E-state index is 13.3. The van der Waals surface area contributed by atoms with Gasteiger partial charge in [-0.2, -0.15) is 0 Å². The summed E-state index contributed by atoms with van der Waals surface area (Å²) >= 11 is 0. The minimum absolute atomic E-state index is 0.0988. The Morgan fingerprint density at radius 3 is 2.61 bits per heavy atom. The SMILES string of the molecule is O=C1OCCN1c1ccccc1NC(=O)N1CCCCC1c1ccc(F)cc1. The van der Waals surface area contributed by atoms with Crippen LogP contribution in [0.15, 0.2) is 48.5 Å². The van der Waals surface area contributed by atoms with Crippen molar-refractivity contribution in [3.8, 4) is 0 Å². The van der Waals surface area contributed by atoms with Crippen LogP contribution in [0.3, 0.4) is 0 Å². The molecule has 0 aliphatic carbocycles. The average Bonchev–Trinajstić information content (AvgIpc) is 3.15. The van der Waals surface area contributed by atoms with Crippen molar-refractivity contribution in [3.05, 3.63) is 59.9 Å². The first-order valence-electron chi connectivity index (χ1n) is 9.50. The van der Waals surface area contributed by atoms with Gasteiger partial charge >= 0.3 is 12.1 Å². The van der Waals surface area contributed by atoms with E-state index in [1.54, 1.807) is 29.2 Å². The molecular weight excluding hydrogens is 361 g/mol. The number of nitrogens with zero attached hydrogens (tertiary/aromatic N) is 2. The van der Waals surface area contributed by atoms with Gasteiger partial charge in [0.15, 0.2) is 0 Å². The summed E-state index contributed by atoms with van der Waals surface area (Å²) in [6.07, 6.45) is 2.36. The molecule has 2 heterocycles. The van der Waals surface area contributed by atoms with Crippen LogP contribution in [0.1, 0.15) is 30.9 Å². The summed E-state index contributed by atoms with van der Waals surface area (Å²) in [6, 6.07) is 13.2. The highest BCUT2D eigenvalue weighted by molar-refractivity contribution is 5.99. The number of likely N-dealkylation sites (tertiary alicyclic amines) is 1. The number of hydrogen-bond donors (Lipinski definition) is 1. The smallest absolute Gasteiger partial charge is 0.414 e. The van der Waals surface area contributed by atoms with Crippen LogP contribution in [-0.2, 0) is 4.74 Å². The molecule has 0 saturated carbocycles. The number of anilines is 2. The van der Waals surface area contributed by atoms with Crippen LogP contribution in [0, 0.1) is 5.82 Å². The average molecular weight is 383 g/mol. The number of carbonyl (C=O) groups is 2. The minimum atomic E-state index is -0.413. The molecule has 3 amide bonds. The number of piperidine rings is 1. The second-order valence-corrected chi connectivity index (χ2v) is 6.97. The van der Waals surface area contributed by atoms with Crippen molar-refractivity contribution in [2.75, 3.05) is 29.9 Å². The third-order valence-electron chi connectivity index (χ3n) is 5.22. The van der Waals surface area contributed by atoms with E-state index in [0.29, 0.717) is 31.1 Å². The number of rotatable bonds is 3. The highest BCUT2D eigenvalue weighted by atomic mass is 19.1. The molecule has 2 saturated heterocycles. The molecule has 2 aliphatic rings. The maximum Gasteiger partial charge on any atom is 0.414 e. The summed E-state index contributed by atoms with van der Waals surface area (Å²) in [4.78, 5) is 28.3. The van der Waals surface area contributed by atoms with Crippen LogP contribution < -0.4 is 10.2 Å². The predicted molar refractivity (Wildman–Crippen MR) is 104 cm³/mol. The Kier molecular flexibility index (Phi) is 5.14. The second-order valence-electron chi connectivity index (χ2n) is 6.97. The fraction of sp³-hybridized carbons (Fsp3) is 0.333. The Labute approximate surface area is 162 Å². The molecule has 6 nitrogen and oxygen atoms in total. The Morgan fingerprint density at radius 2 is 1.86 bits per heavy atom. The summed E-state index contributed by atoms with van der Waals surface area (Å²) in [5.74, 6) is -0.290. The number of amides is 3. The zero-order chi connectivity index (χ0) is 19.5. The van der Waals surface area contributed by atoms with Crippen molar-refractivity contribution in [1.29, 1.82) is 0 Å². The van der Waals surface area contributed by atoms with E-state index in [1.807, 2.05) is 12.1 Å². The zero-order valence-electron chi connectivity index (χ0n) is 15.4. The summed E-state index contributed by atoms with van der Waals surface area (Å²) in [5, 5.41) is 2.95. The van der Waals surface area contributed by atoms with E-state index in [9.17, 15) is 14.0 Å². The first-order valence-corrected chi connectivity index (χ1v) is 9.50. The number of hydrogen-bond acceptors (Lipinski definition) is 3. The molecule has 0 aromatic heterocycles. The number of benzene rings is 2. The number of ether oxygens (including phenoxy) is 1. The Morgan fingerprint density at radius 1 is 1.07 bits per heavy atom. The van der Waals surface area contributed by atoms with Crippen LogP contribution in [0.2, 0.25) is 0 Å². The van der Waals surface area contributed by atoms with Crippen molar-refractivity contribution in [2.24, 2.45) is 0 Å². The number of para-hydroxylation sites is 2. The van der Waals surface area contributed by atoms with Gasteiger partial charge in [0.2, 0.25) is 0 Å². The third-order valence-corrected chi connectivity index (χ3v) is 5.22. The maximum atomic E-state index is 13.3. The monoisotopic (exact) mass is 383 g/mol. The fourth-order valence-corrected chi connectivity index (χ4v) is 3.82. The molecule has 4 rings (SSSR count). The number of cyclic esters (lactones) is 1. The normalized spacial score (nSPS) is 19.5. The van der Waals surface area contributed by atoms with Gasteiger partial charge < -0.3 is 15.0 Å². The second kappa shape index (κ2) is 7.88. The molecule has 1 N–H and O–H groups in total. The van der Waals surface area contributed by atoms with E-state index in [-0.39, 0.29) is 17.9 Å². The molecule has 1 unspecified atom stereocenters. The predicted octanol–water partition coefficient (Wildman–Crippen LogP) is 4.54. The summed E-state index contributed by atoms with van der Waals surface area (Å²) in [7, 11) is 0. The largest absolute Gasteiger partial charge is 0.447 e. The molecule has 2 aliphatic heterocycles. The summed E-state index contributed by atoms with van der Waals surface area (Å²) in [5.41, 5.74) is 2.11. The third kappa shape index (κ3) is 3.65. The van der Waals surface area contributed by atoms with Crippen molar-refractivity contribution < 1.29 is 18.7 Å². The molecule has 2 aromatic rings. The topological polar surface area (TPSA) is 61.9 Å². The highest BCUT2D eigenvalue weighted by Crippen LogP contribution is 2.33. The van der Waals surface area contributed by atoms with Gasteiger partial charge in [-0.1, -0.05) is 24.3 Å². The summed E-state index contributed by atoms with van der Waals surface area (Å²) < 4.78 is 18.3.